The zero-order valence-corrected chi connectivity index (χ0v) is 16.1. The van der Waals surface area contributed by atoms with E-state index < -0.39 is 6.10 Å². The minimum atomic E-state index is -0.690. The van der Waals surface area contributed by atoms with Crippen LogP contribution in [0.15, 0.2) is 42.5 Å². The Morgan fingerprint density at radius 1 is 1.19 bits per heavy atom. The van der Waals surface area contributed by atoms with Crippen molar-refractivity contribution in [3.05, 3.63) is 59.2 Å². The van der Waals surface area contributed by atoms with Gasteiger partial charge in [0.15, 0.2) is 6.10 Å². The fourth-order valence-electron chi connectivity index (χ4n) is 3.40. The summed E-state index contributed by atoms with van der Waals surface area (Å²) in [6.07, 6.45) is 1.08. The third-order valence-electron chi connectivity index (χ3n) is 4.87. The second-order valence-corrected chi connectivity index (χ2v) is 7.03. The molecule has 1 N–H and O–H groups in total. The van der Waals surface area contributed by atoms with E-state index in [1.54, 1.807) is 11.0 Å². The molecule has 0 spiro atoms. The van der Waals surface area contributed by atoms with E-state index in [1.165, 1.54) is 23.6 Å². The SMILES string of the molecule is CC(=O)N1CC(C(=O)NCCCc2ccc(C)cc2C)Oc2ccccc21. The van der Waals surface area contributed by atoms with Gasteiger partial charge >= 0.3 is 0 Å². The number of nitrogens with one attached hydrogen (secondary N) is 1. The van der Waals surface area contributed by atoms with Crippen molar-refractivity contribution < 1.29 is 14.3 Å². The Labute approximate surface area is 160 Å². The van der Waals surface area contributed by atoms with Crippen molar-refractivity contribution in [2.75, 3.05) is 18.0 Å². The first-order chi connectivity index (χ1) is 13.0. The molecule has 3 rings (SSSR count). The monoisotopic (exact) mass is 366 g/mol. The number of benzene rings is 2. The summed E-state index contributed by atoms with van der Waals surface area (Å²) in [6.45, 7) is 6.51. The molecule has 142 valence electrons. The molecule has 1 aliphatic rings. The molecule has 0 radical (unpaired) electrons. The van der Waals surface area contributed by atoms with Gasteiger partial charge in [-0.1, -0.05) is 35.9 Å². The highest BCUT2D eigenvalue weighted by Gasteiger charge is 2.32. The average molecular weight is 366 g/mol. The van der Waals surface area contributed by atoms with Crippen LogP contribution in [0, 0.1) is 13.8 Å². The molecule has 5 nitrogen and oxygen atoms in total. The number of aryl methyl sites for hydroxylation is 3. The highest BCUT2D eigenvalue weighted by molar-refractivity contribution is 5.95. The summed E-state index contributed by atoms with van der Waals surface area (Å²) in [5, 5.41) is 2.94. The van der Waals surface area contributed by atoms with E-state index in [4.69, 9.17) is 4.74 Å². The number of para-hydroxylation sites is 2. The van der Waals surface area contributed by atoms with Gasteiger partial charge in [-0.2, -0.15) is 0 Å². The fraction of sp³-hybridized carbons (Fsp3) is 0.364. The second kappa shape index (κ2) is 8.25. The normalized spacial score (nSPS) is 15.7. The van der Waals surface area contributed by atoms with Crippen LogP contribution in [0.1, 0.15) is 30.0 Å². The maximum Gasteiger partial charge on any atom is 0.262 e. The molecular weight excluding hydrogens is 340 g/mol. The van der Waals surface area contributed by atoms with E-state index >= 15 is 0 Å². The Kier molecular flexibility index (Phi) is 5.79. The molecule has 0 aliphatic carbocycles. The summed E-state index contributed by atoms with van der Waals surface area (Å²) >= 11 is 0. The van der Waals surface area contributed by atoms with Crippen LogP contribution in [-0.4, -0.2) is 31.0 Å². The van der Waals surface area contributed by atoms with Crippen molar-refractivity contribution in [1.29, 1.82) is 0 Å². The molecule has 0 aromatic heterocycles. The largest absolute Gasteiger partial charge is 0.477 e. The Bertz CT molecular complexity index is 847. The minimum absolute atomic E-state index is 0.0987. The van der Waals surface area contributed by atoms with Crippen LogP contribution in [0.25, 0.3) is 0 Å². The quantitative estimate of drug-likeness (QED) is 0.827. The topological polar surface area (TPSA) is 58.6 Å². The lowest BCUT2D eigenvalue weighted by Crippen LogP contribution is -2.50. The minimum Gasteiger partial charge on any atom is -0.477 e. The average Bonchev–Trinajstić information content (AvgIpc) is 2.65. The maximum absolute atomic E-state index is 12.5. The standard InChI is InChI=1S/C22H26N2O3/c1-15-10-11-18(16(2)13-15)7-6-12-23-22(26)21-14-24(17(3)25)19-8-4-5-9-20(19)27-21/h4-5,8-11,13,21H,6-7,12,14H2,1-3H3,(H,23,26). The molecule has 5 heteroatoms. The van der Waals surface area contributed by atoms with Crippen LogP contribution in [0.5, 0.6) is 5.75 Å². The third kappa shape index (κ3) is 4.48. The van der Waals surface area contributed by atoms with Gasteiger partial charge < -0.3 is 15.0 Å². The Morgan fingerprint density at radius 2 is 1.96 bits per heavy atom. The van der Waals surface area contributed by atoms with Crippen LogP contribution < -0.4 is 15.0 Å². The number of amides is 2. The summed E-state index contributed by atoms with van der Waals surface area (Å²) < 4.78 is 5.82. The van der Waals surface area contributed by atoms with Crippen molar-refractivity contribution in [1.82, 2.24) is 5.32 Å². The van der Waals surface area contributed by atoms with Gasteiger partial charge in [0.2, 0.25) is 5.91 Å². The van der Waals surface area contributed by atoms with Gasteiger partial charge in [-0.15, -0.1) is 0 Å². The van der Waals surface area contributed by atoms with Crippen molar-refractivity contribution in [2.24, 2.45) is 0 Å². The first-order valence-electron chi connectivity index (χ1n) is 9.33. The van der Waals surface area contributed by atoms with Gasteiger partial charge in [-0.3, -0.25) is 9.59 Å². The van der Waals surface area contributed by atoms with Crippen LogP contribution in [-0.2, 0) is 16.0 Å². The van der Waals surface area contributed by atoms with Crippen molar-refractivity contribution in [2.45, 2.75) is 39.7 Å². The van der Waals surface area contributed by atoms with E-state index in [0.29, 0.717) is 18.0 Å². The van der Waals surface area contributed by atoms with Crippen LogP contribution in [0.4, 0.5) is 5.69 Å². The molecule has 1 atom stereocenters. The summed E-state index contributed by atoms with van der Waals surface area (Å²) in [6, 6.07) is 13.7. The van der Waals surface area contributed by atoms with Crippen molar-refractivity contribution in [3.8, 4) is 5.75 Å². The van der Waals surface area contributed by atoms with Gasteiger partial charge in [0.1, 0.15) is 5.75 Å². The van der Waals surface area contributed by atoms with E-state index in [0.717, 1.165) is 12.8 Å². The first-order valence-corrected chi connectivity index (χ1v) is 9.33. The summed E-state index contributed by atoms with van der Waals surface area (Å²) in [5.41, 5.74) is 4.56. The molecule has 2 amide bonds. The Hall–Kier alpha value is -2.82. The molecule has 2 aromatic rings. The van der Waals surface area contributed by atoms with E-state index in [9.17, 15) is 9.59 Å². The van der Waals surface area contributed by atoms with Crippen molar-refractivity contribution >= 4 is 17.5 Å². The zero-order chi connectivity index (χ0) is 19.4. The number of carbonyl (C=O) groups excluding carboxylic acids is 2. The number of nitrogens with zero attached hydrogens (tertiary/aromatic N) is 1. The Morgan fingerprint density at radius 3 is 2.70 bits per heavy atom. The maximum atomic E-state index is 12.5. The number of anilines is 1. The number of carbonyl (C=O) groups is 2. The number of rotatable bonds is 5. The molecule has 2 aromatic carbocycles. The van der Waals surface area contributed by atoms with Gasteiger partial charge in [0.05, 0.1) is 12.2 Å². The molecule has 0 saturated carbocycles. The van der Waals surface area contributed by atoms with Gasteiger partial charge in [0, 0.05) is 13.5 Å². The second-order valence-electron chi connectivity index (χ2n) is 7.03. The molecule has 1 heterocycles. The number of ether oxygens (including phenoxy) is 1. The number of fused-ring (bicyclic) bond motifs is 1. The van der Waals surface area contributed by atoms with Crippen LogP contribution in [0.2, 0.25) is 0 Å². The van der Waals surface area contributed by atoms with E-state index in [2.05, 4.69) is 37.4 Å². The fourth-order valence-corrected chi connectivity index (χ4v) is 3.40. The smallest absolute Gasteiger partial charge is 0.262 e. The van der Waals surface area contributed by atoms with Gasteiger partial charge in [-0.25, -0.2) is 0 Å². The highest BCUT2D eigenvalue weighted by atomic mass is 16.5. The summed E-state index contributed by atoms with van der Waals surface area (Å²) in [5.74, 6) is 0.282. The third-order valence-corrected chi connectivity index (χ3v) is 4.87. The Balaban J connectivity index is 1.55. The lowest BCUT2D eigenvalue weighted by molar-refractivity contribution is -0.128. The number of hydrogen-bond acceptors (Lipinski definition) is 3. The molecule has 0 saturated heterocycles. The molecule has 1 unspecified atom stereocenters. The molecular formula is C22H26N2O3. The highest BCUT2D eigenvalue weighted by Crippen LogP contribution is 2.33. The van der Waals surface area contributed by atoms with E-state index in [1.807, 2.05) is 18.2 Å². The molecule has 27 heavy (non-hydrogen) atoms. The zero-order valence-electron chi connectivity index (χ0n) is 16.1. The van der Waals surface area contributed by atoms with Crippen molar-refractivity contribution in [3.63, 3.8) is 0 Å². The lowest BCUT2D eigenvalue weighted by atomic mass is 10.0. The van der Waals surface area contributed by atoms with Crippen LogP contribution >= 0.6 is 0 Å². The predicted molar refractivity (Wildman–Crippen MR) is 106 cm³/mol. The summed E-state index contributed by atoms with van der Waals surface area (Å²) in [7, 11) is 0. The lowest BCUT2D eigenvalue weighted by Gasteiger charge is -2.33. The van der Waals surface area contributed by atoms with Crippen LogP contribution in [0.3, 0.4) is 0 Å². The molecule has 0 fully saturated rings. The number of hydrogen-bond donors (Lipinski definition) is 1. The predicted octanol–water partition coefficient (Wildman–Crippen LogP) is 3.17. The first kappa shape index (κ1) is 19.0. The summed E-state index contributed by atoms with van der Waals surface area (Å²) in [4.78, 5) is 26.1. The molecule has 0 bridgehead atoms. The van der Waals surface area contributed by atoms with E-state index in [-0.39, 0.29) is 18.4 Å². The molecule has 1 aliphatic heterocycles. The van der Waals surface area contributed by atoms with Gasteiger partial charge in [0.25, 0.3) is 5.91 Å². The van der Waals surface area contributed by atoms with Gasteiger partial charge in [-0.05, 0) is 49.9 Å².